The van der Waals surface area contributed by atoms with Crippen LogP contribution in [0.5, 0.6) is 11.5 Å². The number of amides is 1. The van der Waals surface area contributed by atoms with E-state index in [1.165, 1.54) is 18.6 Å². The van der Waals surface area contributed by atoms with E-state index in [0.29, 0.717) is 25.1 Å². The normalized spacial score (nSPS) is 13.9. The zero-order valence-electron chi connectivity index (χ0n) is 16.2. The molecule has 5 nitrogen and oxygen atoms in total. The van der Waals surface area contributed by atoms with Crippen molar-refractivity contribution in [3.8, 4) is 11.5 Å². The Bertz CT molecular complexity index is 774. The summed E-state index contributed by atoms with van der Waals surface area (Å²) < 4.78 is 24.5. The lowest BCUT2D eigenvalue weighted by Gasteiger charge is -2.30. The third-order valence-corrected chi connectivity index (χ3v) is 4.81. The monoisotopic (exact) mass is 386 g/mol. The quantitative estimate of drug-likeness (QED) is 0.673. The molecule has 2 aromatic carbocycles. The van der Waals surface area contributed by atoms with Gasteiger partial charge in [0.1, 0.15) is 17.3 Å². The van der Waals surface area contributed by atoms with E-state index in [-0.39, 0.29) is 11.7 Å². The molecule has 0 radical (unpaired) electrons. The van der Waals surface area contributed by atoms with Gasteiger partial charge in [-0.15, -0.1) is 0 Å². The van der Waals surface area contributed by atoms with E-state index in [2.05, 4.69) is 10.2 Å². The minimum atomic E-state index is -0.348. The topological polar surface area (TPSA) is 50.8 Å². The highest BCUT2D eigenvalue weighted by molar-refractivity contribution is 5.94. The van der Waals surface area contributed by atoms with Crippen molar-refractivity contribution in [2.24, 2.45) is 0 Å². The fourth-order valence-electron chi connectivity index (χ4n) is 3.33. The number of carbonyl (C=O) groups excluding carboxylic acids is 1. The van der Waals surface area contributed by atoms with Crippen molar-refractivity contribution >= 4 is 17.3 Å². The van der Waals surface area contributed by atoms with Crippen molar-refractivity contribution in [1.82, 2.24) is 0 Å². The van der Waals surface area contributed by atoms with Crippen LogP contribution in [-0.2, 0) is 4.79 Å². The number of ether oxygens (including phenoxy) is 2. The largest absolute Gasteiger partial charge is 0.497 e. The molecule has 0 saturated carbocycles. The average Bonchev–Trinajstić information content (AvgIpc) is 2.72. The number of carbonyl (C=O) groups is 1. The Kier molecular flexibility index (Phi) is 7.12. The number of piperidine rings is 1. The summed E-state index contributed by atoms with van der Waals surface area (Å²) in [5.41, 5.74) is 1.44. The smallest absolute Gasteiger partial charge is 0.224 e. The molecular formula is C22H27FN2O3. The minimum Gasteiger partial charge on any atom is -0.497 e. The van der Waals surface area contributed by atoms with Crippen LogP contribution in [0, 0.1) is 5.82 Å². The van der Waals surface area contributed by atoms with Gasteiger partial charge in [-0.25, -0.2) is 4.39 Å². The van der Waals surface area contributed by atoms with Crippen LogP contribution in [0.2, 0.25) is 0 Å². The summed E-state index contributed by atoms with van der Waals surface area (Å²) >= 11 is 0. The van der Waals surface area contributed by atoms with E-state index in [1.54, 1.807) is 13.2 Å². The predicted octanol–water partition coefficient (Wildman–Crippen LogP) is 4.62. The maximum Gasteiger partial charge on any atom is 0.224 e. The molecule has 1 heterocycles. The third kappa shape index (κ3) is 5.62. The number of nitrogens with one attached hydrogen (secondary N) is 1. The number of benzene rings is 2. The first-order valence-corrected chi connectivity index (χ1v) is 9.77. The first kappa shape index (κ1) is 20.0. The molecule has 2 aromatic rings. The number of hydrogen-bond donors (Lipinski definition) is 1. The molecule has 0 aromatic heterocycles. The average molecular weight is 386 g/mol. The van der Waals surface area contributed by atoms with Gasteiger partial charge < -0.3 is 19.7 Å². The van der Waals surface area contributed by atoms with Gasteiger partial charge in [0.15, 0.2) is 0 Å². The van der Waals surface area contributed by atoms with Crippen LogP contribution in [0.1, 0.15) is 32.1 Å². The zero-order valence-corrected chi connectivity index (χ0v) is 16.2. The number of methoxy groups -OCH3 is 1. The van der Waals surface area contributed by atoms with Crippen LogP contribution < -0.4 is 19.7 Å². The van der Waals surface area contributed by atoms with E-state index >= 15 is 0 Å². The molecule has 150 valence electrons. The second kappa shape index (κ2) is 9.97. The summed E-state index contributed by atoms with van der Waals surface area (Å²) in [5, 5.41) is 2.87. The van der Waals surface area contributed by atoms with Gasteiger partial charge in [0, 0.05) is 19.5 Å². The van der Waals surface area contributed by atoms with E-state index in [4.69, 9.17) is 9.47 Å². The Balaban J connectivity index is 1.49. The second-order valence-electron chi connectivity index (χ2n) is 6.88. The molecule has 1 fully saturated rings. The molecule has 1 N–H and O–H groups in total. The van der Waals surface area contributed by atoms with Gasteiger partial charge in [-0.05, 0) is 68.1 Å². The van der Waals surface area contributed by atoms with E-state index < -0.39 is 0 Å². The van der Waals surface area contributed by atoms with Crippen LogP contribution >= 0.6 is 0 Å². The van der Waals surface area contributed by atoms with Crippen LogP contribution in [0.4, 0.5) is 15.8 Å². The van der Waals surface area contributed by atoms with Gasteiger partial charge in [0.2, 0.25) is 5.91 Å². The van der Waals surface area contributed by atoms with Crippen LogP contribution in [0.3, 0.4) is 0 Å². The van der Waals surface area contributed by atoms with Crippen LogP contribution in [0.15, 0.2) is 42.5 Å². The fraction of sp³-hybridized carbons (Fsp3) is 0.409. The number of hydrogen-bond acceptors (Lipinski definition) is 4. The van der Waals surface area contributed by atoms with Gasteiger partial charge in [-0.1, -0.05) is 0 Å². The Hall–Kier alpha value is -2.76. The highest BCUT2D eigenvalue weighted by Crippen LogP contribution is 2.29. The van der Waals surface area contributed by atoms with Gasteiger partial charge >= 0.3 is 0 Å². The molecule has 3 rings (SSSR count). The summed E-state index contributed by atoms with van der Waals surface area (Å²) in [4.78, 5) is 14.5. The standard InChI is InChI=1S/C22H27FN2O3/c1-27-18-8-10-19(11-9-18)28-15-5-6-22(26)24-20-16-17(23)7-12-21(20)25-13-3-2-4-14-25/h7-12,16H,2-6,13-15H2,1H3,(H,24,26). The zero-order chi connectivity index (χ0) is 19.8. The Labute approximate surface area is 165 Å². The summed E-state index contributed by atoms with van der Waals surface area (Å²) in [6, 6.07) is 11.9. The molecule has 28 heavy (non-hydrogen) atoms. The lowest BCUT2D eigenvalue weighted by Crippen LogP contribution is -2.30. The van der Waals surface area contributed by atoms with E-state index in [1.807, 2.05) is 24.3 Å². The molecule has 1 amide bonds. The highest BCUT2D eigenvalue weighted by atomic mass is 19.1. The highest BCUT2D eigenvalue weighted by Gasteiger charge is 2.16. The van der Waals surface area contributed by atoms with Crippen molar-refractivity contribution in [3.63, 3.8) is 0 Å². The molecule has 0 unspecified atom stereocenters. The van der Waals surface area contributed by atoms with Gasteiger partial charge in [-0.3, -0.25) is 4.79 Å². The van der Waals surface area contributed by atoms with Gasteiger partial charge in [0.05, 0.1) is 25.1 Å². The van der Waals surface area contributed by atoms with Crippen molar-refractivity contribution in [3.05, 3.63) is 48.3 Å². The molecule has 1 aliphatic rings. The Morgan fingerprint density at radius 1 is 1.07 bits per heavy atom. The van der Waals surface area contributed by atoms with Crippen LogP contribution in [-0.4, -0.2) is 32.7 Å². The van der Waals surface area contributed by atoms with Gasteiger partial charge in [0.25, 0.3) is 0 Å². The molecule has 0 bridgehead atoms. The summed E-state index contributed by atoms with van der Waals surface area (Å²) in [6.07, 6.45) is 4.34. The second-order valence-corrected chi connectivity index (χ2v) is 6.88. The first-order valence-electron chi connectivity index (χ1n) is 9.77. The Morgan fingerprint density at radius 2 is 1.79 bits per heavy atom. The lowest BCUT2D eigenvalue weighted by molar-refractivity contribution is -0.116. The third-order valence-electron chi connectivity index (χ3n) is 4.81. The number of halogens is 1. The van der Waals surface area contributed by atoms with E-state index in [0.717, 1.165) is 43.1 Å². The summed E-state index contributed by atoms with van der Waals surface area (Å²) in [7, 11) is 1.61. The first-order chi connectivity index (χ1) is 13.7. The molecule has 0 aliphatic carbocycles. The van der Waals surface area contributed by atoms with Crippen molar-refractivity contribution in [1.29, 1.82) is 0 Å². The SMILES string of the molecule is COc1ccc(OCCCC(=O)Nc2cc(F)ccc2N2CCCCC2)cc1. The Morgan fingerprint density at radius 3 is 2.50 bits per heavy atom. The molecule has 6 heteroatoms. The fourth-order valence-corrected chi connectivity index (χ4v) is 3.33. The maximum atomic E-state index is 13.7. The van der Waals surface area contributed by atoms with Crippen molar-refractivity contribution in [2.75, 3.05) is 37.0 Å². The van der Waals surface area contributed by atoms with Crippen molar-refractivity contribution < 1.29 is 18.7 Å². The molecule has 1 aliphatic heterocycles. The molecular weight excluding hydrogens is 359 g/mol. The summed E-state index contributed by atoms with van der Waals surface area (Å²) in [5.74, 6) is 1.02. The molecule has 0 spiro atoms. The minimum absolute atomic E-state index is 0.137. The predicted molar refractivity (Wildman–Crippen MR) is 109 cm³/mol. The summed E-state index contributed by atoms with van der Waals surface area (Å²) in [6.45, 7) is 2.30. The molecule has 1 saturated heterocycles. The number of rotatable bonds is 8. The van der Waals surface area contributed by atoms with Gasteiger partial charge in [-0.2, -0.15) is 0 Å². The number of nitrogens with zero attached hydrogens (tertiary/aromatic N) is 1. The van der Waals surface area contributed by atoms with Crippen molar-refractivity contribution in [2.45, 2.75) is 32.1 Å². The molecule has 0 atom stereocenters. The van der Waals surface area contributed by atoms with Crippen LogP contribution in [0.25, 0.3) is 0 Å². The number of anilines is 2. The lowest BCUT2D eigenvalue weighted by atomic mass is 10.1. The van der Waals surface area contributed by atoms with E-state index in [9.17, 15) is 9.18 Å². The maximum absolute atomic E-state index is 13.7.